The van der Waals surface area contributed by atoms with Crippen LogP contribution in [0.5, 0.6) is 5.75 Å². The van der Waals surface area contributed by atoms with E-state index >= 15 is 4.39 Å². The molecule has 0 spiro atoms. The quantitative estimate of drug-likeness (QED) is 0.544. The number of fused-ring (bicyclic) bond motifs is 1. The topological polar surface area (TPSA) is 57.9 Å². The third-order valence-corrected chi connectivity index (χ3v) is 7.65. The summed E-state index contributed by atoms with van der Waals surface area (Å²) in [7, 11) is 0. The third-order valence-electron chi connectivity index (χ3n) is 7.65. The average Bonchev–Trinajstić information content (AvgIpc) is 3.54. The van der Waals surface area contributed by atoms with Crippen LogP contribution in [0, 0.1) is 11.2 Å². The van der Waals surface area contributed by atoms with Crippen molar-refractivity contribution in [2.24, 2.45) is 5.41 Å². The van der Waals surface area contributed by atoms with Gasteiger partial charge in [-0.2, -0.15) is 0 Å². The monoisotopic (exact) mass is 493 g/mol. The van der Waals surface area contributed by atoms with E-state index in [2.05, 4.69) is 9.80 Å². The highest BCUT2D eigenvalue weighted by molar-refractivity contribution is 5.83. The van der Waals surface area contributed by atoms with Crippen LogP contribution in [-0.2, 0) is 0 Å². The van der Waals surface area contributed by atoms with Crippen LogP contribution < -0.4 is 15.2 Å². The van der Waals surface area contributed by atoms with Crippen LogP contribution in [0.1, 0.15) is 40.0 Å². The molecule has 3 heterocycles. The van der Waals surface area contributed by atoms with Gasteiger partial charge < -0.3 is 14.7 Å². The maximum atomic E-state index is 15.2. The first-order chi connectivity index (χ1) is 17.2. The van der Waals surface area contributed by atoms with Gasteiger partial charge in [-0.25, -0.2) is 4.39 Å². The fourth-order valence-electron chi connectivity index (χ4n) is 5.21. The molecule has 6 nitrogen and oxygen atoms in total. The van der Waals surface area contributed by atoms with Crippen molar-refractivity contribution in [1.82, 2.24) is 9.47 Å². The summed E-state index contributed by atoms with van der Waals surface area (Å²) in [6.07, 6.45) is 4.65. The van der Waals surface area contributed by atoms with Crippen LogP contribution >= 0.6 is 0 Å². The Bertz CT molecular complexity index is 1290. The summed E-state index contributed by atoms with van der Waals surface area (Å²) in [5.74, 6) is 0.291. The molecule has 0 bridgehead atoms. The summed E-state index contributed by atoms with van der Waals surface area (Å²) in [6, 6.07) is 12.7. The number of aliphatic hydroxyl groups excluding tert-OH is 1. The van der Waals surface area contributed by atoms with Gasteiger partial charge in [0.1, 0.15) is 18.2 Å². The molecular weight excluding hydrogens is 457 g/mol. The molecule has 1 N–H and O–H groups in total. The van der Waals surface area contributed by atoms with Gasteiger partial charge in [-0.1, -0.05) is 20.8 Å². The van der Waals surface area contributed by atoms with Crippen LogP contribution in [0.4, 0.5) is 10.1 Å². The lowest BCUT2D eigenvalue weighted by Gasteiger charge is -2.25. The maximum absolute atomic E-state index is 15.2. The minimum Gasteiger partial charge on any atom is -0.491 e. The van der Waals surface area contributed by atoms with Crippen molar-refractivity contribution in [3.63, 3.8) is 0 Å². The molecule has 0 radical (unpaired) electrons. The van der Waals surface area contributed by atoms with Gasteiger partial charge in [-0.05, 0) is 79.6 Å². The lowest BCUT2D eigenvalue weighted by Crippen LogP contribution is -2.35. The van der Waals surface area contributed by atoms with E-state index < -0.39 is 6.10 Å². The van der Waals surface area contributed by atoms with Crippen molar-refractivity contribution < 1.29 is 14.2 Å². The number of pyridine rings is 1. The number of aliphatic hydroxyl groups is 1. The van der Waals surface area contributed by atoms with Gasteiger partial charge in [0.25, 0.3) is 5.56 Å². The van der Waals surface area contributed by atoms with Gasteiger partial charge in [-0.3, -0.25) is 14.3 Å². The van der Waals surface area contributed by atoms with Gasteiger partial charge in [0.2, 0.25) is 0 Å². The van der Waals surface area contributed by atoms with E-state index in [1.165, 1.54) is 23.5 Å². The number of aromatic nitrogens is 1. The molecule has 2 aliphatic rings. The zero-order chi connectivity index (χ0) is 25.4. The molecule has 2 aliphatic heterocycles. The minimum absolute atomic E-state index is 0.174. The Labute approximate surface area is 211 Å². The highest BCUT2D eigenvalue weighted by Gasteiger charge is 2.30. The van der Waals surface area contributed by atoms with E-state index in [0.717, 1.165) is 38.0 Å². The normalized spacial score (nSPS) is 19.8. The minimum atomic E-state index is -0.606. The number of nitrogens with zero attached hydrogens (tertiary/aromatic N) is 3. The van der Waals surface area contributed by atoms with E-state index in [-0.39, 0.29) is 23.4 Å². The Balaban J connectivity index is 1.33. The zero-order valence-electron chi connectivity index (χ0n) is 21.4. The second-order valence-corrected chi connectivity index (χ2v) is 11.2. The molecule has 5 rings (SSSR count). The SMILES string of the molecule is CC(C)(C)C(O)COc1ccc2c(=O)n(-c3ccc(N4CC[C@@H](N5CCCC5)C4)c(F)c3)ccc2c1. The van der Waals surface area contributed by atoms with Crippen molar-refractivity contribution in [3.05, 3.63) is 64.8 Å². The molecule has 0 aliphatic carbocycles. The summed E-state index contributed by atoms with van der Waals surface area (Å²) in [5.41, 5.74) is 0.622. The molecule has 1 aromatic heterocycles. The van der Waals surface area contributed by atoms with Gasteiger partial charge in [0.15, 0.2) is 0 Å². The summed E-state index contributed by atoms with van der Waals surface area (Å²) in [5, 5.41) is 11.5. The molecule has 2 saturated heterocycles. The molecule has 2 fully saturated rings. The highest BCUT2D eigenvalue weighted by atomic mass is 19.1. The number of ether oxygens (including phenoxy) is 1. The van der Waals surface area contributed by atoms with Crippen molar-refractivity contribution in [1.29, 1.82) is 0 Å². The Morgan fingerprint density at radius 2 is 1.86 bits per heavy atom. The molecule has 192 valence electrons. The highest BCUT2D eigenvalue weighted by Crippen LogP contribution is 2.29. The number of hydrogen-bond donors (Lipinski definition) is 1. The van der Waals surface area contributed by atoms with E-state index in [9.17, 15) is 9.90 Å². The van der Waals surface area contributed by atoms with Crippen LogP contribution in [-0.4, -0.2) is 59.5 Å². The van der Waals surface area contributed by atoms with Gasteiger partial charge in [0.05, 0.1) is 17.5 Å². The van der Waals surface area contributed by atoms with Gasteiger partial charge >= 0.3 is 0 Å². The second kappa shape index (κ2) is 9.87. The third kappa shape index (κ3) is 5.00. The Hall–Kier alpha value is -2.90. The van der Waals surface area contributed by atoms with Gasteiger partial charge in [0, 0.05) is 36.8 Å². The first-order valence-corrected chi connectivity index (χ1v) is 13.0. The molecule has 7 heteroatoms. The first kappa shape index (κ1) is 24.8. The summed E-state index contributed by atoms with van der Waals surface area (Å²) in [6.45, 7) is 10.0. The molecule has 2 atom stereocenters. The smallest absolute Gasteiger partial charge is 0.262 e. The summed E-state index contributed by atoms with van der Waals surface area (Å²) >= 11 is 0. The van der Waals surface area contributed by atoms with Crippen LogP contribution in [0.25, 0.3) is 16.5 Å². The number of hydrogen-bond acceptors (Lipinski definition) is 5. The van der Waals surface area contributed by atoms with Crippen molar-refractivity contribution in [2.75, 3.05) is 37.7 Å². The lowest BCUT2D eigenvalue weighted by molar-refractivity contribution is 0.0218. The van der Waals surface area contributed by atoms with Crippen molar-refractivity contribution >= 4 is 16.5 Å². The summed E-state index contributed by atoms with van der Waals surface area (Å²) in [4.78, 5) is 17.9. The molecule has 3 aromatic rings. The number of halogens is 1. The molecule has 36 heavy (non-hydrogen) atoms. The van der Waals surface area contributed by atoms with Crippen LogP contribution in [0.2, 0.25) is 0 Å². The Morgan fingerprint density at radius 3 is 2.58 bits per heavy atom. The number of benzene rings is 2. The van der Waals surface area contributed by atoms with E-state index in [1.54, 1.807) is 30.5 Å². The first-order valence-electron chi connectivity index (χ1n) is 13.0. The second-order valence-electron chi connectivity index (χ2n) is 11.2. The Kier molecular flexibility index (Phi) is 6.79. The fourth-order valence-corrected chi connectivity index (χ4v) is 5.21. The van der Waals surface area contributed by atoms with Crippen LogP contribution in [0.15, 0.2) is 53.5 Å². The fraction of sp³-hybridized carbons (Fsp3) is 0.483. The van der Waals surface area contributed by atoms with Crippen molar-refractivity contribution in [3.8, 4) is 11.4 Å². The predicted octanol–water partition coefficient (Wildman–Crippen LogP) is 4.59. The maximum Gasteiger partial charge on any atom is 0.262 e. The number of anilines is 1. The standard InChI is InChI=1S/C29H36FN3O3/c1-29(2,3)27(34)19-36-23-7-8-24-20(16-23)10-15-33(28(24)35)21-6-9-26(25(30)17-21)32-14-11-22(18-32)31-12-4-5-13-31/h6-10,15-17,22,27,34H,4-5,11-14,18-19H2,1-3H3/t22-,27?/m1/s1. The molecule has 0 amide bonds. The Morgan fingerprint density at radius 1 is 1.08 bits per heavy atom. The predicted molar refractivity (Wildman–Crippen MR) is 142 cm³/mol. The van der Waals surface area contributed by atoms with E-state index in [4.69, 9.17) is 4.74 Å². The van der Waals surface area contributed by atoms with E-state index in [0.29, 0.717) is 28.6 Å². The number of rotatable bonds is 6. The largest absolute Gasteiger partial charge is 0.491 e. The van der Waals surface area contributed by atoms with Crippen LogP contribution in [0.3, 0.4) is 0 Å². The molecule has 1 unspecified atom stereocenters. The van der Waals surface area contributed by atoms with E-state index in [1.807, 2.05) is 32.9 Å². The average molecular weight is 494 g/mol. The molecule has 0 saturated carbocycles. The number of likely N-dealkylation sites (tertiary alicyclic amines) is 1. The summed E-state index contributed by atoms with van der Waals surface area (Å²) < 4.78 is 22.5. The van der Waals surface area contributed by atoms with Crippen molar-refractivity contribution in [2.45, 2.75) is 52.2 Å². The lowest BCUT2D eigenvalue weighted by atomic mass is 9.90. The molecular formula is C29H36FN3O3. The zero-order valence-corrected chi connectivity index (χ0v) is 21.4. The van der Waals surface area contributed by atoms with Gasteiger partial charge in [-0.15, -0.1) is 0 Å². The molecule has 2 aromatic carbocycles.